The van der Waals surface area contributed by atoms with Gasteiger partial charge in [-0.3, -0.25) is 9.59 Å². The molecule has 0 saturated heterocycles. The number of hydrogen-bond acceptors (Lipinski definition) is 5. The van der Waals surface area contributed by atoms with Crippen LogP contribution in [0, 0.1) is 6.92 Å². The van der Waals surface area contributed by atoms with Gasteiger partial charge >= 0.3 is 0 Å². The van der Waals surface area contributed by atoms with Gasteiger partial charge in [-0.1, -0.05) is 42.0 Å². The average molecular weight is 401 g/mol. The van der Waals surface area contributed by atoms with Gasteiger partial charge in [0.15, 0.2) is 5.78 Å². The number of nitrogens with one attached hydrogen (secondary N) is 1. The molecule has 2 heterocycles. The monoisotopic (exact) mass is 401 g/mol. The zero-order chi connectivity index (χ0) is 21.1. The van der Waals surface area contributed by atoms with Crippen molar-refractivity contribution in [2.75, 3.05) is 11.9 Å². The molecular weight excluding hydrogens is 378 g/mol. The van der Waals surface area contributed by atoms with E-state index in [1.807, 2.05) is 49.4 Å². The number of Topliss-reactive ketones (excluding diaryl/α,β-unsaturated/α-hetero) is 1. The third-order valence-corrected chi connectivity index (χ3v) is 5.14. The number of rotatable bonds is 6. The summed E-state index contributed by atoms with van der Waals surface area (Å²) in [6, 6.07) is 18.6. The maximum atomic E-state index is 13.0. The summed E-state index contributed by atoms with van der Waals surface area (Å²) in [5.41, 5.74) is 4.33. The number of hydrogen-bond donors (Lipinski definition) is 1. The summed E-state index contributed by atoms with van der Waals surface area (Å²) in [7, 11) is 0. The average Bonchev–Trinajstić information content (AvgIpc) is 3.42. The molecule has 0 saturated carbocycles. The van der Waals surface area contributed by atoms with Gasteiger partial charge in [0.1, 0.15) is 11.8 Å². The van der Waals surface area contributed by atoms with Gasteiger partial charge in [-0.05, 0) is 43.7 Å². The zero-order valence-corrected chi connectivity index (χ0v) is 17.0. The first-order chi connectivity index (χ1) is 14.5. The van der Waals surface area contributed by atoms with E-state index in [0.29, 0.717) is 23.4 Å². The molecule has 1 amide bonds. The molecular formula is C24H23N3O3. The molecule has 6 nitrogen and oxygen atoms in total. The fraction of sp³-hybridized carbons (Fsp3) is 0.208. The van der Waals surface area contributed by atoms with Crippen molar-refractivity contribution < 1.29 is 14.0 Å². The lowest BCUT2D eigenvalue weighted by atomic mass is 10.0. The second-order valence-electron chi connectivity index (χ2n) is 7.38. The number of aryl methyl sites for hydroxylation is 1. The Morgan fingerprint density at radius 3 is 2.63 bits per heavy atom. The van der Waals surface area contributed by atoms with E-state index >= 15 is 0 Å². The minimum absolute atomic E-state index is 0.0188. The van der Waals surface area contributed by atoms with Crippen molar-refractivity contribution >= 4 is 23.1 Å². The van der Waals surface area contributed by atoms with E-state index in [0.717, 1.165) is 11.3 Å². The molecule has 0 aliphatic carbocycles. The molecule has 2 aromatic carbocycles. The Kier molecular flexibility index (Phi) is 5.48. The maximum Gasteiger partial charge on any atom is 0.262 e. The summed E-state index contributed by atoms with van der Waals surface area (Å²) in [5, 5.41) is 9.23. The van der Waals surface area contributed by atoms with Gasteiger partial charge in [0, 0.05) is 17.7 Å². The van der Waals surface area contributed by atoms with E-state index in [1.165, 1.54) is 17.5 Å². The number of benzene rings is 2. The van der Waals surface area contributed by atoms with Crippen LogP contribution in [0.25, 0.3) is 0 Å². The van der Waals surface area contributed by atoms with E-state index in [-0.39, 0.29) is 24.3 Å². The standard InChI is InChI=1S/C24H23N3O3/c1-16-8-10-18(11-9-16)21-14-22(23-7-4-12-30-23)27(26-21)24(29)15-25-20-6-3-5-19(13-20)17(2)28/h3-13,22,25H,14-15H2,1-2H3. The van der Waals surface area contributed by atoms with Crippen molar-refractivity contribution in [2.24, 2.45) is 5.10 Å². The predicted molar refractivity (Wildman–Crippen MR) is 116 cm³/mol. The van der Waals surface area contributed by atoms with E-state index in [2.05, 4.69) is 10.4 Å². The third-order valence-electron chi connectivity index (χ3n) is 5.14. The minimum Gasteiger partial charge on any atom is -0.467 e. The molecule has 30 heavy (non-hydrogen) atoms. The lowest BCUT2D eigenvalue weighted by molar-refractivity contribution is -0.131. The van der Waals surface area contributed by atoms with Gasteiger partial charge in [0.25, 0.3) is 5.91 Å². The number of amides is 1. The molecule has 1 aliphatic heterocycles. The van der Waals surface area contributed by atoms with Crippen LogP contribution in [0.5, 0.6) is 0 Å². The molecule has 6 heteroatoms. The third kappa shape index (κ3) is 4.17. The molecule has 0 bridgehead atoms. The number of carbonyl (C=O) groups excluding carboxylic acids is 2. The fourth-order valence-electron chi connectivity index (χ4n) is 3.47. The van der Waals surface area contributed by atoms with Gasteiger partial charge in [-0.25, -0.2) is 5.01 Å². The number of hydrazone groups is 1. The van der Waals surface area contributed by atoms with Crippen LogP contribution in [-0.2, 0) is 4.79 Å². The lowest BCUT2D eigenvalue weighted by Crippen LogP contribution is -2.32. The van der Waals surface area contributed by atoms with E-state index < -0.39 is 0 Å². The van der Waals surface area contributed by atoms with Crippen molar-refractivity contribution in [3.05, 3.63) is 89.4 Å². The van der Waals surface area contributed by atoms with Crippen molar-refractivity contribution in [3.63, 3.8) is 0 Å². The second-order valence-corrected chi connectivity index (χ2v) is 7.38. The van der Waals surface area contributed by atoms with Gasteiger partial charge in [-0.2, -0.15) is 5.10 Å². The Hall–Kier alpha value is -3.67. The summed E-state index contributed by atoms with van der Waals surface area (Å²) in [6.07, 6.45) is 2.19. The van der Waals surface area contributed by atoms with E-state index in [9.17, 15) is 9.59 Å². The molecule has 1 N–H and O–H groups in total. The number of carbonyl (C=O) groups is 2. The van der Waals surface area contributed by atoms with Crippen LogP contribution in [-0.4, -0.2) is 29.0 Å². The van der Waals surface area contributed by atoms with Crippen molar-refractivity contribution in [1.29, 1.82) is 0 Å². The van der Waals surface area contributed by atoms with Gasteiger partial charge in [0.2, 0.25) is 0 Å². The zero-order valence-electron chi connectivity index (χ0n) is 17.0. The van der Waals surface area contributed by atoms with Crippen LogP contribution in [0.1, 0.15) is 46.6 Å². The van der Waals surface area contributed by atoms with Crippen LogP contribution < -0.4 is 5.32 Å². The smallest absolute Gasteiger partial charge is 0.262 e. The highest BCUT2D eigenvalue weighted by molar-refractivity contribution is 6.03. The maximum absolute atomic E-state index is 13.0. The Bertz CT molecular complexity index is 1090. The molecule has 4 rings (SSSR count). The summed E-state index contributed by atoms with van der Waals surface area (Å²) in [6.45, 7) is 3.61. The van der Waals surface area contributed by atoms with Gasteiger partial charge in [0.05, 0.1) is 18.5 Å². The van der Waals surface area contributed by atoms with Crippen molar-refractivity contribution in [3.8, 4) is 0 Å². The highest BCUT2D eigenvalue weighted by Gasteiger charge is 2.34. The summed E-state index contributed by atoms with van der Waals surface area (Å²) >= 11 is 0. The van der Waals surface area contributed by atoms with Crippen LogP contribution in [0.4, 0.5) is 5.69 Å². The van der Waals surface area contributed by atoms with Crippen LogP contribution in [0.15, 0.2) is 76.4 Å². The fourth-order valence-corrected chi connectivity index (χ4v) is 3.47. The molecule has 0 spiro atoms. The first-order valence-corrected chi connectivity index (χ1v) is 9.86. The highest BCUT2D eigenvalue weighted by atomic mass is 16.3. The van der Waals surface area contributed by atoms with E-state index in [1.54, 1.807) is 24.5 Å². The van der Waals surface area contributed by atoms with Crippen molar-refractivity contribution in [2.45, 2.75) is 26.3 Å². The molecule has 1 unspecified atom stereocenters. The predicted octanol–water partition coefficient (Wildman–Crippen LogP) is 4.58. The number of ketones is 1. The molecule has 0 radical (unpaired) electrons. The second kappa shape index (κ2) is 8.37. The molecule has 1 atom stereocenters. The quantitative estimate of drug-likeness (QED) is 0.614. The molecule has 0 fully saturated rings. The molecule has 3 aromatic rings. The van der Waals surface area contributed by atoms with Crippen LogP contribution >= 0.6 is 0 Å². The Morgan fingerprint density at radius 2 is 1.93 bits per heavy atom. The summed E-state index contributed by atoms with van der Waals surface area (Å²) in [4.78, 5) is 24.6. The first kappa shape index (κ1) is 19.6. The normalized spacial score (nSPS) is 15.7. The number of anilines is 1. The van der Waals surface area contributed by atoms with Crippen LogP contribution in [0.2, 0.25) is 0 Å². The Morgan fingerprint density at radius 1 is 1.13 bits per heavy atom. The molecule has 1 aliphatic rings. The van der Waals surface area contributed by atoms with Gasteiger partial charge in [-0.15, -0.1) is 0 Å². The Labute approximate surface area is 175 Å². The summed E-state index contributed by atoms with van der Waals surface area (Å²) < 4.78 is 5.58. The highest BCUT2D eigenvalue weighted by Crippen LogP contribution is 2.33. The first-order valence-electron chi connectivity index (χ1n) is 9.86. The largest absolute Gasteiger partial charge is 0.467 e. The van der Waals surface area contributed by atoms with Crippen molar-refractivity contribution in [1.82, 2.24) is 5.01 Å². The Balaban J connectivity index is 1.54. The van der Waals surface area contributed by atoms with Gasteiger partial charge < -0.3 is 9.73 Å². The SMILES string of the molecule is CC(=O)c1cccc(NCC(=O)N2N=C(c3ccc(C)cc3)CC2c2ccco2)c1. The molecule has 152 valence electrons. The lowest BCUT2D eigenvalue weighted by Gasteiger charge is -2.20. The minimum atomic E-state index is -0.283. The van der Waals surface area contributed by atoms with E-state index in [4.69, 9.17) is 4.42 Å². The number of nitrogens with zero attached hydrogens (tertiary/aromatic N) is 2. The van der Waals surface area contributed by atoms with Crippen LogP contribution in [0.3, 0.4) is 0 Å². The number of furan rings is 1. The summed E-state index contributed by atoms with van der Waals surface area (Å²) in [5.74, 6) is 0.509. The topological polar surface area (TPSA) is 74.9 Å². The molecule has 1 aromatic heterocycles.